The number of aliphatic hydroxyl groups excluding tert-OH is 1. The summed E-state index contributed by atoms with van der Waals surface area (Å²) in [6.07, 6.45) is 3.35. The van der Waals surface area contributed by atoms with Crippen molar-refractivity contribution in [2.24, 2.45) is 0 Å². The smallest absolute Gasteiger partial charge is 0.246 e. The second-order valence-corrected chi connectivity index (χ2v) is 5.81. The number of hydrogen-bond donors (Lipinski definition) is 1. The van der Waals surface area contributed by atoms with Crippen LogP contribution in [0, 0.1) is 0 Å². The van der Waals surface area contributed by atoms with Crippen molar-refractivity contribution in [2.75, 3.05) is 26.3 Å². The number of ether oxygens (including phenoxy) is 1. The third-order valence-electron chi connectivity index (χ3n) is 3.86. The molecule has 1 aromatic rings. The minimum absolute atomic E-state index is 0.0241. The minimum atomic E-state index is -0.408. The Kier molecular flexibility index (Phi) is 6.62. The van der Waals surface area contributed by atoms with Gasteiger partial charge in [0, 0.05) is 19.2 Å². The highest BCUT2D eigenvalue weighted by Crippen LogP contribution is 2.12. The summed E-state index contributed by atoms with van der Waals surface area (Å²) in [6.45, 7) is 4.43. The lowest BCUT2D eigenvalue weighted by Gasteiger charge is -2.26. The van der Waals surface area contributed by atoms with Crippen molar-refractivity contribution in [3.05, 3.63) is 47.5 Å². The number of carbonyl (C=O) groups excluding carboxylic acids is 1. The minimum Gasteiger partial charge on any atom is -0.393 e. The fourth-order valence-electron chi connectivity index (χ4n) is 2.60. The van der Waals surface area contributed by atoms with E-state index in [1.807, 2.05) is 25.1 Å². The standard InChI is InChI=1S/C18H25NO3/c1-15(14-18(21)19-9-11-22-12-10-19)13-17(20)8-7-16-5-3-2-4-6-16/h2-6,14,17,20H,7-13H2,1H3/b15-14+/t17-/m0/s1. The molecule has 120 valence electrons. The second kappa shape index (κ2) is 8.71. The molecular weight excluding hydrogens is 278 g/mol. The van der Waals surface area contributed by atoms with Gasteiger partial charge in [-0.05, 0) is 31.7 Å². The molecule has 0 aromatic heterocycles. The van der Waals surface area contributed by atoms with Crippen molar-refractivity contribution < 1.29 is 14.6 Å². The largest absolute Gasteiger partial charge is 0.393 e. The molecule has 1 fully saturated rings. The average Bonchev–Trinajstić information content (AvgIpc) is 2.54. The first kappa shape index (κ1) is 16.7. The zero-order valence-corrected chi connectivity index (χ0v) is 13.2. The molecule has 1 aliphatic rings. The molecule has 0 saturated carbocycles. The number of aryl methyl sites for hydroxylation is 1. The molecule has 1 atom stereocenters. The number of benzene rings is 1. The lowest BCUT2D eigenvalue weighted by molar-refractivity contribution is -0.130. The van der Waals surface area contributed by atoms with Crippen LogP contribution in [0.15, 0.2) is 42.0 Å². The van der Waals surface area contributed by atoms with Crippen molar-refractivity contribution in [1.82, 2.24) is 4.90 Å². The molecule has 0 aliphatic carbocycles. The van der Waals surface area contributed by atoms with Gasteiger partial charge in [-0.1, -0.05) is 35.9 Å². The lowest BCUT2D eigenvalue weighted by atomic mass is 10.0. The van der Waals surface area contributed by atoms with E-state index in [9.17, 15) is 9.90 Å². The highest BCUT2D eigenvalue weighted by Gasteiger charge is 2.15. The third kappa shape index (κ3) is 5.62. The van der Waals surface area contributed by atoms with Gasteiger partial charge in [0.05, 0.1) is 19.3 Å². The van der Waals surface area contributed by atoms with E-state index in [2.05, 4.69) is 12.1 Å². The number of aliphatic hydroxyl groups is 1. The van der Waals surface area contributed by atoms with Gasteiger partial charge in [0.15, 0.2) is 0 Å². The van der Waals surface area contributed by atoms with Crippen molar-refractivity contribution in [2.45, 2.75) is 32.3 Å². The fourth-order valence-corrected chi connectivity index (χ4v) is 2.60. The molecule has 22 heavy (non-hydrogen) atoms. The molecule has 1 aliphatic heterocycles. The first-order valence-corrected chi connectivity index (χ1v) is 7.91. The van der Waals surface area contributed by atoms with Gasteiger partial charge in [0.2, 0.25) is 5.91 Å². The molecule has 1 aromatic carbocycles. The van der Waals surface area contributed by atoms with Crippen LogP contribution in [0.5, 0.6) is 0 Å². The fraction of sp³-hybridized carbons (Fsp3) is 0.500. The van der Waals surface area contributed by atoms with Crippen molar-refractivity contribution in [3.8, 4) is 0 Å². The predicted molar refractivity (Wildman–Crippen MR) is 86.5 cm³/mol. The van der Waals surface area contributed by atoms with E-state index in [4.69, 9.17) is 4.74 Å². The summed E-state index contributed by atoms with van der Waals surface area (Å²) in [5, 5.41) is 10.1. The number of morpholine rings is 1. The molecule has 4 heteroatoms. The number of rotatable bonds is 6. The molecule has 0 unspecified atom stereocenters. The van der Waals surface area contributed by atoms with Crippen molar-refractivity contribution in [3.63, 3.8) is 0 Å². The second-order valence-electron chi connectivity index (χ2n) is 5.81. The van der Waals surface area contributed by atoms with Gasteiger partial charge in [-0.15, -0.1) is 0 Å². The van der Waals surface area contributed by atoms with Crippen LogP contribution in [0.3, 0.4) is 0 Å². The molecule has 2 rings (SSSR count). The summed E-state index contributed by atoms with van der Waals surface area (Å²) in [5.74, 6) is 0.0241. The summed E-state index contributed by atoms with van der Waals surface area (Å²) >= 11 is 0. The first-order chi connectivity index (χ1) is 10.6. The Morgan fingerprint density at radius 1 is 1.32 bits per heavy atom. The van der Waals surface area contributed by atoms with E-state index >= 15 is 0 Å². The van der Waals surface area contributed by atoms with E-state index < -0.39 is 6.10 Å². The van der Waals surface area contributed by atoms with Crippen LogP contribution in [-0.2, 0) is 16.0 Å². The molecule has 1 heterocycles. The normalized spacial score (nSPS) is 17.4. The number of carbonyl (C=O) groups is 1. The van der Waals surface area contributed by atoms with Gasteiger partial charge in [-0.2, -0.15) is 0 Å². The van der Waals surface area contributed by atoms with E-state index in [0.29, 0.717) is 39.1 Å². The molecule has 1 N–H and O–H groups in total. The van der Waals surface area contributed by atoms with Gasteiger partial charge in [0.1, 0.15) is 0 Å². The Hall–Kier alpha value is -1.65. The van der Waals surface area contributed by atoms with Crippen molar-refractivity contribution in [1.29, 1.82) is 0 Å². The summed E-state index contributed by atoms with van der Waals surface area (Å²) in [7, 11) is 0. The van der Waals surface area contributed by atoms with Crippen LogP contribution in [0.4, 0.5) is 0 Å². The maximum absolute atomic E-state index is 12.1. The Morgan fingerprint density at radius 3 is 2.68 bits per heavy atom. The van der Waals surface area contributed by atoms with Crippen LogP contribution in [-0.4, -0.2) is 48.3 Å². The van der Waals surface area contributed by atoms with E-state index in [-0.39, 0.29) is 5.91 Å². The topological polar surface area (TPSA) is 49.8 Å². The van der Waals surface area contributed by atoms with Gasteiger partial charge in [-0.3, -0.25) is 4.79 Å². The zero-order valence-electron chi connectivity index (χ0n) is 13.2. The van der Waals surface area contributed by atoms with E-state index in [1.165, 1.54) is 5.56 Å². The van der Waals surface area contributed by atoms with Crippen molar-refractivity contribution >= 4 is 5.91 Å². The third-order valence-corrected chi connectivity index (χ3v) is 3.86. The SMILES string of the molecule is C/C(=C\C(=O)N1CCOCC1)C[C@@H](O)CCc1ccccc1. The maximum Gasteiger partial charge on any atom is 0.246 e. The van der Waals surface area contributed by atoms with Gasteiger partial charge >= 0.3 is 0 Å². The molecule has 0 spiro atoms. The maximum atomic E-state index is 12.1. The molecule has 0 bridgehead atoms. The Labute approximate surface area is 132 Å². The highest BCUT2D eigenvalue weighted by atomic mass is 16.5. The monoisotopic (exact) mass is 303 g/mol. The van der Waals surface area contributed by atoms with Crippen LogP contribution < -0.4 is 0 Å². The molecule has 1 saturated heterocycles. The number of amides is 1. The first-order valence-electron chi connectivity index (χ1n) is 7.91. The lowest BCUT2D eigenvalue weighted by Crippen LogP contribution is -2.39. The Morgan fingerprint density at radius 2 is 2.00 bits per heavy atom. The molecular formula is C18H25NO3. The Bertz CT molecular complexity index is 492. The number of hydrogen-bond acceptors (Lipinski definition) is 3. The number of nitrogens with zero attached hydrogens (tertiary/aromatic N) is 1. The summed E-state index contributed by atoms with van der Waals surface area (Å²) in [6, 6.07) is 10.1. The summed E-state index contributed by atoms with van der Waals surface area (Å²) in [4.78, 5) is 13.9. The summed E-state index contributed by atoms with van der Waals surface area (Å²) < 4.78 is 5.24. The quantitative estimate of drug-likeness (QED) is 0.820. The van der Waals surface area contributed by atoms with Crippen LogP contribution in [0.1, 0.15) is 25.3 Å². The van der Waals surface area contributed by atoms with Gasteiger partial charge in [-0.25, -0.2) is 0 Å². The molecule has 1 amide bonds. The Balaban J connectivity index is 1.76. The van der Waals surface area contributed by atoms with E-state index in [1.54, 1.807) is 11.0 Å². The predicted octanol–water partition coefficient (Wildman–Crippen LogP) is 2.18. The van der Waals surface area contributed by atoms with Gasteiger partial charge < -0.3 is 14.7 Å². The van der Waals surface area contributed by atoms with Gasteiger partial charge in [0.25, 0.3) is 0 Å². The van der Waals surface area contributed by atoms with Crippen LogP contribution in [0.2, 0.25) is 0 Å². The molecule has 0 radical (unpaired) electrons. The average molecular weight is 303 g/mol. The zero-order chi connectivity index (χ0) is 15.8. The van der Waals surface area contributed by atoms with Crippen LogP contribution in [0.25, 0.3) is 0 Å². The molecule has 4 nitrogen and oxygen atoms in total. The van der Waals surface area contributed by atoms with E-state index in [0.717, 1.165) is 12.0 Å². The summed E-state index contributed by atoms with van der Waals surface area (Å²) in [5.41, 5.74) is 2.16. The van der Waals surface area contributed by atoms with Crippen LogP contribution >= 0.6 is 0 Å². The highest BCUT2D eigenvalue weighted by molar-refractivity contribution is 5.88.